The minimum atomic E-state index is -0.777. The molecule has 2 aromatic heterocycles. The standard InChI is InChI=1S/C18H15ClN6O3/c1-25(18(28)14-13(16(20)26)22-9-23-14)11-6-4-10(5-7-11)24-17(27)12-3-2-8-21-15(12)19/h2-9H,1H3,(H2,20,26)(H,22,23)(H,24,27). The summed E-state index contributed by atoms with van der Waals surface area (Å²) in [6, 6.07) is 9.69. The molecule has 9 nitrogen and oxygen atoms in total. The number of H-pyrrole nitrogens is 1. The summed E-state index contributed by atoms with van der Waals surface area (Å²) in [4.78, 5) is 47.8. The minimum absolute atomic E-state index is 0.0610. The SMILES string of the molecule is CN(C(=O)c1nc[nH]c1C(N)=O)c1ccc(NC(=O)c2cccnc2Cl)cc1. The van der Waals surface area contributed by atoms with E-state index in [2.05, 4.69) is 20.3 Å². The summed E-state index contributed by atoms with van der Waals surface area (Å²) in [5.41, 5.74) is 6.38. The first-order chi connectivity index (χ1) is 13.4. The first-order valence-electron chi connectivity index (χ1n) is 8.01. The zero-order chi connectivity index (χ0) is 20.3. The predicted octanol–water partition coefficient (Wildman–Crippen LogP) is 2.09. The highest BCUT2D eigenvalue weighted by molar-refractivity contribution is 6.33. The van der Waals surface area contributed by atoms with Gasteiger partial charge in [0, 0.05) is 24.6 Å². The molecule has 0 unspecified atom stereocenters. The minimum Gasteiger partial charge on any atom is -0.364 e. The molecule has 0 aliphatic rings. The number of pyridine rings is 1. The normalized spacial score (nSPS) is 10.4. The van der Waals surface area contributed by atoms with Crippen LogP contribution in [-0.4, -0.2) is 39.7 Å². The van der Waals surface area contributed by atoms with Crippen LogP contribution in [0, 0.1) is 0 Å². The highest BCUT2D eigenvalue weighted by Gasteiger charge is 2.22. The van der Waals surface area contributed by atoms with Gasteiger partial charge in [-0.25, -0.2) is 9.97 Å². The number of nitrogens with one attached hydrogen (secondary N) is 2. The fourth-order valence-corrected chi connectivity index (χ4v) is 2.65. The number of hydrogen-bond acceptors (Lipinski definition) is 5. The molecule has 3 amide bonds. The Morgan fingerprint density at radius 3 is 2.50 bits per heavy atom. The third kappa shape index (κ3) is 3.84. The van der Waals surface area contributed by atoms with Crippen molar-refractivity contribution in [2.24, 2.45) is 5.73 Å². The number of halogens is 1. The Morgan fingerprint density at radius 1 is 1.14 bits per heavy atom. The molecule has 0 radical (unpaired) electrons. The van der Waals surface area contributed by atoms with Crippen LogP contribution in [0.3, 0.4) is 0 Å². The third-order valence-electron chi connectivity index (χ3n) is 3.91. The molecule has 0 saturated carbocycles. The molecule has 0 aliphatic heterocycles. The molecule has 0 bridgehead atoms. The number of amides is 3. The summed E-state index contributed by atoms with van der Waals surface area (Å²) < 4.78 is 0. The van der Waals surface area contributed by atoms with E-state index in [-0.39, 0.29) is 22.1 Å². The first kappa shape index (κ1) is 19.1. The van der Waals surface area contributed by atoms with Crippen molar-refractivity contribution in [3.05, 3.63) is 71.0 Å². The fraction of sp³-hybridized carbons (Fsp3) is 0.0556. The van der Waals surface area contributed by atoms with Gasteiger partial charge in [-0.3, -0.25) is 14.4 Å². The number of carbonyl (C=O) groups excluding carboxylic acids is 3. The number of anilines is 2. The van der Waals surface area contributed by atoms with Crippen molar-refractivity contribution in [2.45, 2.75) is 0 Å². The zero-order valence-electron chi connectivity index (χ0n) is 14.6. The monoisotopic (exact) mass is 398 g/mol. The van der Waals surface area contributed by atoms with Crippen molar-refractivity contribution in [1.29, 1.82) is 0 Å². The van der Waals surface area contributed by atoms with Gasteiger partial charge in [0.2, 0.25) is 0 Å². The third-order valence-corrected chi connectivity index (χ3v) is 4.21. The molecule has 10 heteroatoms. The largest absolute Gasteiger partial charge is 0.364 e. The summed E-state index contributed by atoms with van der Waals surface area (Å²) in [5, 5.41) is 2.80. The molecule has 142 valence electrons. The van der Waals surface area contributed by atoms with E-state index in [0.717, 1.165) is 0 Å². The smallest absolute Gasteiger partial charge is 0.279 e. The molecule has 0 atom stereocenters. The van der Waals surface area contributed by atoms with Crippen LogP contribution in [0.1, 0.15) is 31.3 Å². The molecule has 0 saturated heterocycles. The molecular weight excluding hydrogens is 384 g/mol. The van der Waals surface area contributed by atoms with Gasteiger partial charge >= 0.3 is 0 Å². The van der Waals surface area contributed by atoms with Gasteiger partial charge in [-0.1, -0.05) is 11.6 Å². The Hall–Kier alpha value is -3.72. The van der Waals surface area contributed by atoms with Crippen LogP contribution in [0.15, 0.2) is 48.9 Å². The molecular formula is C18H15ClN6O3. The number of nitrogens with zero attached hydrogens (tertiary/aromatic N) is 3. The van der Waals surface area contributed by atoms with E-state index in [1.807, 2.05) is 0 Å². The lowest BCUT2D eigenvalue weighted by Crippen LogP contribution is -2.29. The highest BCUT2D eigenvalue weighted by atomic mass is 35.5. The first-order valence-corrected chi connectivity index (χ1v) is 8.39. The molecule has 3 rings (SSSR count). The van der Waals surface area contributed by atoms with Crippen molar-refractivity contribution in [3.8, 4) is 0 Å². The molecule has 4 N–H and O–H groups in total. The Bertz CT molecular complexity index is 1050. The zero-order valence-corrected chi connectivity index (χ0v) is 15.4. The molecule has 28 heavy (non-hydrogen) atoms. The number of imidazole rings is 1. The van der Waals surface area contributed by atoms with Gasteiger partial charge in [-0.05, 0) is 36.4 Å². The fourth-order valence-electron chi connectivity index (χ4n) is 2.44. The summed E-state index contributed by atoms with van der Waals surface area (Å²) >= 11 is 5.91. The van der Waals surface area contributed by atoms with E-state index in [1.54, 1.807) is 36.4 Å². The van der Waals surface area contributed by atoms with Gasteiger partial charge in [0.1, 0.15) is 10.8 Å². The van der Waals surface area contributed by atoms with Crippen molar-refractivity contribution in [2.75, 3.05) is 17.3 Å². The average Bonchev–Trinajstić information content (AvgIpc) is 3.18. The number of primary amides is 1. The Morgan fingerprint density at radius 2 is 1.86 bits per heavy atom. The number of nitrogens with two attached hydrogens (primary N) is 1. The quantitative estimate of drug-likeness (QED) is 0.565. The van der Waals surface area contributed by atoms with E-state index in [0.29, 0.717) is 11.4 Å². The second-order valence-electron chi connectivity index (χ2n) is 5.70. The lowest BCUT2D eigenvalue weighted by Gasteiger charge is -2.17. The van der Waals surface area contributed by atoms with E-state index < -0.39 is 17.7 Å². The number of aromatic nitrogens is 3. The average molecular weight is 399 g/mol. The molecule has 0 spiro atoms. The molecule has 1 aromatic carbocycles. The topological polar surface area (TPSA) is 134 Å². The summed E-state index contributed by atoms with van der Waals surface area (Å²) in [6.45, 7) is 0. The maximum Gasteiger partial charge on any atom is 0.279 e. The van der Waals surface area contributed by atoms with Crippen LogP contribution in [0.5, 0.6) is 0 Å². The second kappa shape index (κ2) is 7.89. The van der Waals surface area contributed by atoms with E-state index >= 15 is 0 Å². The van der Waals surface area contributed by atoms with Gasteiger partial charge in [0.05, 0.1) is 11.9 Å². The van der Waals surface area contributed by atoms with Gasteiger partial charge < -0.3 is 20.9 Å². The molecule has 0 aliphatic carbocycles. The lowest BCUT2D eigenvalue weighted by molar-refractivity contribution is 0.0958. The maximum absolute atomic E-state index is 12.6. The van der Waals surface area contributed by atoms with E-state index in [1.165, 1.54) is 24.5 Å². The van der Waals surface area contributed by atoms with Crippen LogP contribution in [-0.2, 0) is 0 Å². The molecule has 0 fully saturated rings. The van der Waals surface area contributed by atoms with Crippen LogP contribution >= 0.6 is 11.6 Å². The van der Waals surface area contributed by atoms with Crippen molar-refractivity contribution < 1.29 is 14.4 Å². The number of benzene rings is 1. The predicted molar refractivity (Wildman–Crippen MR) is 103 cm³/mol. The van der Waals surface area contributed by atoms with Crippen molar-refractivity contribution in [3.63, 3.8) is 0 Å². The van der Waals surface area contributed by atoms with Crippen molar-refractivity contribution >= 4 is 40.7 Å². The van der Waals surface area contributed by atoms with E-state index in [9.17, 15) is 14.4 Å². The van der Waals surface area contributed by atoms with Gasteiger partial charge in [-0.15, -0.1) is 0 Å². The Labute approximate surface area is 164 Å². The van der Waals surface area contributed by atoms with Crippen LogP contribution < -0.4 is 16.0 Å². The maximum atomic E-state index is 12.6. The van der Waals surface area contributed by atoms with Gasteiger partial charge in [-0.2, -0.15) is 0 Å². The number of carbonyl (C=O) groups is 3. The van der Waals surface area contributed by atoms with Gasteiger partial charge in [0.15, 0.2) is 5.69 Å². The molecule has 3 aromatic rings. The highest BCUT2D eigenvalue weighted by Crippen LogP contribution is 2.20. The summed E-state index contributed by atoms with van der Waals surface area (Å²) in [5.74, 6) is -1.69. The molecule has 2 heterocycles. The Balaban J connectivity index is 1.74. The number of hydrogen-bond donors (Lipinski definition) is 3. The van der Waals surface area contributed by atoms with Gasteiger partial charge in [0.25, 0.3) is 17.7 Å². The summed E-state index contributed by atoms with van der Waals surface area (Å²) in [6.07, 6.45) is 2.72. The van der Waals surface area contributed by atoms with Crippen LogP contribution in [0.4, 0.5) is 11.4 Å². The Kier molecular flexibility index (Phi) is 5.37. The lowest BCUT2D eigenvalue weighted by atomic mass is 10.2. The second-order valence-corrected chi connectivity index (χ2v) is 6.06. The summed E-state index contributed by atoms with van der Waals surface area (Å²) in [7, 11) is 1.53. The number of aromatic amines is 1. The van der Waals surface area contributed by atoms with Crippen molar-refractivity contribution in [1.82, 2.24) is 15.0 Å². The van der Waals surface area contributed by atoms with E-state index in [4.69, 9.17) is 17.3 Å². The van der Waals surface area contributed by atoms with Crippen LogP contribution in [0.2, 0.25) is 5.15 Å². The number of rotatable bonds is 5. The van der Waals surface area contributed by atoms with Crippen LogP contribution in [0.25, 0.3) is 0 Å².